The molecule has 0 unspecified atom stereocenters. The van der Waals surface area contributed by atoms with E-state index in [1.807, 2.05) is 0 Å². The molecule has 88 valence electrons. The first-order valence-corrected chi connectivity index (χ1v) is 5.00. The molecule has 0 aliphatic rings. The van der Waals surface area contributed by atoms with E-state index in [2.05, 4.69) is 20.7 Å². The van der Waals surface area contributed by atoms with Crippen LogP contribution in [0.25, 0.3) is 0 Å². The molecule has 16 heavy (non-hydrogen) atoms. The Morgan fingerprint density at radius 1 is 1.38 bits per heavy atom. The fraction of sp³-hybridized carbons (Fsp3) is 0.200. The van der Waals surface area contributed by atoms with Crippen LogP contribution in [0.1, 0.15) is 6.92 Å². The van der Waals surface area contributed by atoms with Gasteiger partial charge >= 0.3 is 6.18 Å². The number of benzene rings is 1. The highest BCUT2D eigenvalue weighted by Gasteiger charge is 2.35. The maximum Gasteiger partial charge on any atom is 0.449 e. The van der Waals surface area contributed by atoms with E-state index in [0.29, 0.717) is 0 Å². The Bertz CT molecular complexity index is 412. The zero-order chi connectivity index (χ0) is 12.3. The molecule has 1 rings (SSSR count). The van der Waals surface area contributed by atoms with Gasteiger partial charge in [-0.05, 0) is 47.1 Å². The highest BCUT2D eigenvalue weighted by atomic mass is 79.9. The van der Waals surface area contributed by atoms with Gasteiger partial charge in [-0.25, -0.2) is 4.39 Å². The van der Waals surface area contributed by atoms with E-state index < -0.39 is 17.8 Å². The molecule has 0 aromatic heterocycles. The average Bonchev–Trinajstić information content (AvgIpc) is 2.14. The van der Waals surface area contributed by atoms with E-state index in [9.17, 15) is 17.6 Å². The number of rotatable bonds is 2. The maximum absolute atomic E-state index is 12.7. The fourth-order valence-electron chi connectivity index (χ4n) is 0.957. The van der Waals surface area contributed by atoms with Crippen LogP contribution in [-0.2, 0) is 0 Å². The number of hydrogen-bond acceptors (Lipinski definition) is 1. The molecule has 0 saturated heterocycles. The van der Waals surface area contributed by atoms with Gasteiger partial charge in [0.05, 0.1) is 4.47 Å². The number of ether oxygens (including phenoxy) is 1. The van der Waals surface area contributed by atoms with Crippen LogP contribution in [0.5, 0.6) is 5.75 Å². The normalized spacial score (nSPS) is 12.8. The van der Waals surface area contributed by atoms with Gasteiger partial charge in [0.2, 0.25) is 5.76 Å². The third-order valence-electron chi connectivity index (χ3n) is 1.66. The Morgan fingerprint density at radius 3 is 2.44 bits per heavy atom. The lowest BCUT2D eigenvalue weighted by Gasteiger charge is -2.13. The van der Waals surface area contributed by atoms with Crippen LogP contribution in [0.2, 0.25) is 0 Å². The van der Waals surface area contributed by atoms with Gasteiger partial charge in [-0.3, -0.25) is 0 Å². The first-order valence-electron chi connectivity index (χ1n) is 4.21. The molecule has 0 bridgehead atoms. The van der Waals surface area contributed by atoms with E-state index in [1.165, 1.54) is 6.92 Å². The van der Waals surface area contributed by atoms with Gasteiger partial charge in [-0.1, -0.05) is 0 Å². The topological polar surface area (TPSA) is 9.23 Å². The van der Waals surface area contributed by atoms with Crippen molar-refractivity contribution < 1.29 is 22.3 Å². The number of alkyl halides is 3. The van der Waals surface area contributed by atoms with E-state index in [1.54, 1.807) is 0 Å². The van der Waals surface area contributed by atoms with Gasteiger partial charge in [0.25, 0.3) is 0 Å². The molecule has 0 spiro atoms. The van der Waals surface area contributed by atoms with E-state index in [-0.39, 0.29) is 10.2 Å². The Balaban J connectivity index is 2.96. The van der Waals surface area contributed by atoms with Crippen molar-refractivity contribution in [2.24, 2.45) is 0 Å². The second-order valence-electron chi connectivity index (χ2n) is 2.83. The molecule has 0 amide bonds. The standard InChI is InChI=1S/C10H7BrF4O/c1-2-9(10(13,14)15)16-8-4-3-6(12)5-7(8)11/h2-5H,1H3. The number of halogens is 5. The number of hydrogen-bond donors (Lipinski definition) is 0. The van der Waals surface area contributed by atoms with Crippen LogP contribution in [0.4, 0.5) is 17.6 Å². The third kappa shape index (κ3) is 3.23. The van der Waals surface area contributed by atoms with Crippen molar-refractivity contribution in [3.05, 3.63) is 40.3 Å². The van der Waals surface area contributed by atoms with Crippen molar-refractivity contribution >= 4 is 15.9 Å². The molecule has 0 fully saturated rings. The maximum atomic E-state index is 12.7. The summed E-state index contributed by atoms with van der Waals surface area (Å²) in [4.78, 5) is 0. The lowest BCUT2D eigenvalue weighted by atomic mass is 10.3. The monoisotopic (exact) mass is 298 g/mol. The lowest BCUT2D eigenvalue weighted by molar-refractivity contribution is -0.116. The van der Waals surface area contributed by atoms with Gasteiger partial charge < -0.3 is 4.74 Å². The summed E-state index contributed by atoms with van der Waals surface area (Å²) in [5.41, 5.74) is 0. The number of allylic oxidation sites excluding steroid dienone is 2. The van der Waals surface area contributed by atoms with E-state index >= 15 is 0 Å². The lowest BCUT2D eigenvalue weighted by Crippen LogP contribution is -2.17. The van der Waals surface area contributed by atoms with Crippen LogP contribution >= 0.6 is 15.9 Å². The summed E-state index contributed by atoms with van der Waals surface area (Å²) < 4.78 is 54.4. The van der Waals surface area contributed by atoms with Crippen LogP contribution in [-0.4, -0.2) is 6.18 Å². The predicted molar refractivity (Wildman–Crippen MR) is 54.5 cm³/mol. The van der Waals surface area contributed by atoms with Gasteiger partial charge in [0.15, 0.2) is 0 Å². The molecule has 0 aliphatic carbocycles. The van der Waals surface area contributed by atoms with E-state index in [4.69, 9.17) is 0 Å². The summed E-state index contributed by atoms with van der Waals surface area (Å²) in [5, 5.41) is 0. The van der Waals surface area contributed by atoms with Crippen LogP contribution in [0.15, 0.2) is 34.5 Å². The molecular weight excluding hydrogens is 292 g/mol. The summed E-state index contributed by atoms with van der Waals surface area (Å²) in [5.74, 6) is -1.79. The van der Waals surface area contributed by atoms with Gasteiger partial charge in [0, 0.05) is 0 Å². The Labute approximate surface area is 97.8 Å². The fourth-order valence-corrected chi connectivity index (χ4v) is 1.39. The molecule has 1 aromatic carbocycles. The highest BCUT2D eigenvalue weighted by molar-refractivity contribution is 9.10. The van der Waals surface area contributed by atoms with Crippen molar-refractivity contribution in [2.75, 3.05) is 0 Å². The second-order valence-corrected chi connectivity index (χ2v) is 3.68. The molecule has 0 atom stereocenters. The molecule has 6 heteroatoms. The quantitative estimate of drug-likeness (QED) is 0.579. The molecule has 1 aromatic rings. The SMILES string of the molecule is CC=C(Oc1ccc(F)cc1Br)C(F)(F)F. The molecule has 0 heterocycles. The summed E-state index contributed by atoms with van der Waals surface area (Å²) in [6.45, 7) is 1.21. The first kappa shape index (κ1) is 13.0. The highest BCUT2D eigenvalue weighted by Crippen LogP contribution is 2.32. The molecular formula is C10H7BrF4O. The third-order valence-corrected chi connectivity index (χ3v) is 2.28. The van der Waals surface area contributed by atoms with E-state index in [0.717, 1.165) is 24.3 Å². The molecule has 0 saturated carbocycles. The Morgan fingerprint density at radius 2 is 2.00 bits per heavy atom. The smallest absolute Gasteiger partial charge is 0.449 e. The minimum Gasteiger partial charge on any atom is -0.451 e. The van der Waals surface area contributed by atoms with Crippen molar-refractivity contribution in [1.29, 1.82) is 0 Å². The summed E-state index contributed by atoms with van der Waals surface area (Å²) in [7, 11) is 0. The van der Waals surface area contributed by atoms with Crippen LogP contribution in [0, 0.1) is 5.82 Å². The molecule has 0 radical (unpaired) electrons. The summed E-state index contributed by atoms with van der Waals surface area (Å²) >= 11 is 2.91. The largest absolute Gasteiger partial charge is 0.451 e. The average molecular weight is 299 g/mol. The zero-order valence-corrected chi connectivity index (χ0v) is 9.69. The first-order chi connectivity index (χ1) is 7.34. The van der Waals surface area contributed by atoms with Crippen molar-refractivity contribution in [3.8, 4) is 5.75 Å². The minimum absolute atomic E-state index is 0.0909. The van der Waals surface area contributed by atoms with Gasteiger partial charge in [-0.2, -0.15) is 13.2 Å². The van der Waals surface area contributed by atoms with Crippen molar-refractivity contribution in [1.82, 2.24) is 0 Å². The Hall–Kier alpha value is -1.04. The molecule has 0 N–H and O–H groups in total. The van der Waals surface area contributed by atoms with Gasteiger partial charge in [-0.15, -0.1) is 0 Å². The van der Waals surface area contributed by atoms with Crippen LogP contribution < -0.4 is 4.74 Å². The van der Waals surface area contributed by atoms with Crippen LogP contribution in [0.3, 0.4) is 0 Å². The summed E-state index contributed by atoms with van der Waals surface area (Å²) in [6, 6.07) is 3.16. The second kappa shape index (κ2) is 4.86. The molecule has 1 nitrogen and oxygen atoms in total. The Kier molecular flexibility index (Phi) is 3.96. The van der Waals surface area contributed by atoms with Crippen molar-refractivity contribution in [3.63, 3.8) is 0 Å². The zero-order valence-electron chi connectivity index (χ0n) is 8.11. The molecule has 0 aliphatic heterocycles. The predicted octanol–water partition coefficient (Wildman–Crippen LogP) is 4.43. The van der Waals surface area contributed by atoms with Gasteiger partial charge in [0.1, 0.15) is 11.6 Å². The summed E-state index contributed by atoms with van der Waals surface area (Å²) in [6.07, 6.45) is -3.77. The van der Waals surface area contributed by atoms with Crippen molar-refractivity contribution in [2.45, 2.75) is 13.1 Å². The minimum atomic E-state index is -4.57.